The first-order chi connectivity index (χ1) is 18.2. The highest BCUT2D eigenvalue weighted by Crippen LogP contribution is 2.30. The summed E-state index contributed by atoms with van der Waals surface area (Å²) in [5.74, 6) is 2.23. The Morgan fingerprint density at radius 3 is 2.51 bits per heavy atom. The van der Waals surface area contributed by atoms with Gasteiger partial charge in [0, 0.05) is 49.4 Å². The highest BCUT2D eigenvalue weighted by molar-refractivity contribution is 5.94. The first kappa shape index (κ1) is 24.5. The van der Waals surface area contributed by atoms with Crippen LogP contribution in [0.4, 0.5) is 11.5 Å². The monoisotopic (exact) mass is 496 g/mol. The van der Waals surface area contributed by atoms with E-state index in [2.05, 4.69) is 55.0 Å². The Morgan fingerprint density at radius 2 is 1.81 bits per heavy atom. The molecule has 2 aromatic carbocycles. The van der Waals surface area contributed by atoms with Gasteiger partial charge in [0.25, 0.3) is 0 Å². The van der Waals surface area contributed by atoms with Crippen LogP contribution in [0.2, 0.25) is 0 Å². The number of hydrogen-bond acceptors (Lipinski definition) is 6. The second kappa shape index (κ2) is 11.7. The van der Waals surface area contributed by atoms with Crippen LogP contribution in [0, 0.1) is 5.92 Å². The fourth-order valence-electron chi connectivity index (χ4n) is 4.13. The molecule has 1 amide bonds. The number of piperazine rings is 1. The van der Waals surface area contributed by atoms with Crippen LogP contribution in [0.1, 0.15) is 24.1 Å². The van der Waals surface area contributed by atoms with E-state index < -0.39 is 0 Å². The summed E-state index contributed by atoms with van der Waals surface area (Å²) in [6.07, 6.45) is 8.06. The summed E-state index contributed by atoms with van der Waals surface area (Å²) >= 11 is 0. The van der Waals surface area contributed by atoms with E-state index in [4.69, 9.17) is 4.74 Å². The predicted octanol–water partition coefficient (Wildman–Crippen LogP) is 4.58. The number of para-hydroxylation sites is 1. The van der Waals surface area contributed by atoms with Gasteiger partial charge >= 0.3 is 0 Å². The lowest BCUT2D eigenvalue weighted by Crippen LogP contribution is -2.43. The number of carbonyl (C=O) groups is 1. The van der Waals surface area contributed by atoms with Gasteiger partial charge in [-0.05, 0) is 66.9 Å². The predicted molar refractivity (Wildman–Crippen MR) is 149 cm³/mol. The smallest absolute Gasteiger partial charge is 0.227 e. The van der Waals surface area contributed by atoms with Crippen LogP contribution in [-0.2, 0) is 4.79 Å². The summed E-state index contributed by atoms with van der Waals surface area (Å²) in [4.78, 5) is 18.3. The number of carbonyl (C=O) groups excluding carboxylic acids is 1. The first-order valence-corrected chi connectivity index (χ1v) is 12.7. The van der Waals surface area contributed by atoms with Crippen molar-refractivity contribution in [2.75, 3.05) is 43.5 Å². The Morgan fingerprint density at radius 1 is 1.03 bits per heavy atom. The molecule has 1 saturated carbocycles. The highest BCUT2D eigenvalue weighted by atomic mass is 16.5. The van der Waals surface area contributed by atoms with Crippen molar-refractivity contribution in [3.8, 4) is 5.75 Å². The number of rotatable bonds is 6. The molecule has 0 unspecified atom stereocenters. The van der Waals surface area contributed by atoms with Crippen molar-refractivity contribution in [2.24, 2.45) is 5.92 Å². The van der Waals surface area contributed by atoms with Gasteiger partial charge in [-0.2, -0.15) is 5.10 Å². The van der Waals surface area contributed by atoms with E-state index >= 15 is 0 Å². The van der Waals surface area contributed by atoms with Gasteiger partial charge in [-0.25, -0.2) is 4.98 Å². The quantitative estimate of drug-likeness (QED) is 0.362. The molecule has 2 aliphatic rings. The number of benzene rings is 2. The van der Waals surface area contributed by atoms with Crippen LogP contribution < -0.4 is 20.3 Å². The molecule has 0 spiro atoms. The Labute approximate surface area is 216 Å². The molecule has 6 rings (SSSR count). The number of ether oxygens (including phenoxy) is 1. The number of fused-ring (bicyclic) bond motifs is 1. The minimum absolute atomic E-state index is 0.134. The van der Waals surface area contributed by atoms with E-state index in [1.54, 1.807) is 7.11 Å². The molecule has 3 N–H and O–H groups in total. The van der Waals surface area contributed by atoms with Gasteiger partial charge < -0.3 is 20.3 Å². The molecule has 4 aromatic rings. The number of aromatic amines is 1. The molecule has 2 fully saturated rings. The standard InChI is InChI=1S/C18H19N5.C11H13NO2/c1-2-4-16-15(3-1)17(22-21-16)7-5-14-6-8-18(20-13-14)23-11-9-19-10-12-23;1-14-10-6-4-9(5-7-10)12-11(13)8-2-3-8/h1-8,13,19H,9-12H2,(H,21,22);4-8H,2-3H2,1H3,(H,12,13)/b7-5+;. The molecular weight excluding hydrogens is 464 g/mol. The molecule has 37 heavy (non-hydrogen) atoms. The minimum atomic E-state index is 0.134. The van der Waals surface area contributed by atoms with E-state index in [-0.39, 0.29) is 11.8 Å². The summed E-state index contributed by atoms with van der Waals surface area (Å²) in [6.45, 7) is 4.08. The van der Waals surface area contributed by atoms with Crippen LogP contribution in [-0.4, -0.2) is 54.4 Å². The first-order valence-electron chi connectivity index (χ1n) is 12.7. The summed E-state index contributed by atoms with van der Waals surface area (Å²) in [5, 5.41) is 14.8. The zero-order chi connectivity index (χ0) is 25.5. The number of aromatic nitrogens is 3. The third kappa shape index (κ3) is 6.54. The lowest BCUT2D eigenvalue weighted by molar-refractivity contribution is -0.117. The van der Waals surface area contributed by atoms with Crippen LogP contribution in [0.25, 0.3) is 23.1 Å². The molecule has 0 bridgehead atoms. The third-order valence-corrected chi connectivity index (χ3v) is 6.45. The Balaban J connectivity index is 0.000000171. The van der Waals surface area contributed by atoms with E-state index in [1.807, 2.05) is 54.7 Å². The minimum Gasteiger partial charge on any atom is -0.497 e. The number of methoxy groups -OCH3 is 1. The van der Waals surface area contributed by atoms with Crippen molar-refractivity contribution in [3.05, 3.63) is 78.1 Å². The van der Waals surface area contributed by atoms with Gasteiger partial charge in [0.15, 0.2) is 0 Å². The number of hydrogen-bond donors (Lipinski definition) is 3. The largest absolute Gasteiger partial charge is 0.497 e. The SMILES string of the molecule is C(=C\c1n[nH]c2ccccc12)/c1ccc(N2CCNCC2)nc1.COc1ccc(NC(=O)C2CC2)cc1. The Hall–Kier alpha value is -4.17. The molecule has 0 atom stereocenters. The number of pyridine rings is 1. The average Bonchev–Trinajstić information content (AvgIpc) is 3.74. The fourth-order valence-corrected chi connectivity index (χ4v) is 4.13. The van der Waals surface area contributed by atoms with Gasteiger partial charge in [-0.15, -0.1) is 0 Å². The third-order valence-electron chi connectivity index (χ3n) is 6.45. The number of nitrogens with zero attached hydrogens (tertiary/aromatic N) is 3. The van der Waals surface area contributed by atoms with E-state index in [0.717, 1.165) is 78.4 Å². The van der Waals surface area contributed by atoms with E-state index in [0.29, 0.717) is 0 Å². The maximum atomic E-state index is 11.4. The number of H-pyrrole nitrogens is 1. The zero-order valence-corrected chi connectivity index (χ0v) is 21.0. The molecular formula is C29H32N6O2. The van der Waals surface area contributed by atoms with E-state index in [9.17, 15) is 4.79 Å². The van der Waals surface area contributed by atoms with Gasteiger partial charge in [0.2, 0.25) is 5.91 Å². The lowest BCUT2D eigenvalue weighted by atomic mass is 10.2. The number of anilines is 2. The van der Waals surface area contributed by atoms with Crippen molar-refractivity contribution in [1.82, 2.24) is 20.5 Å². The zero-order valence-electron chi connectivity index (χ0n) is 21.0. The number of amides is 1. The molecule has 1 saturated heterocycles. The van der Waals surface area contributed by atoms with Gasteiger partial charge in [-0.3, -0.25) is 9.89 Å². The molecule has 1 aliphatic heterocycles. The summed E-state index contributed by atoms with van der Waals surface area (Å²) < 4.78 is 5.02. The normalized spacial score (nSPS) is 15.3. The molecule has 2 aromatic heterocycles. The molecule has 8 nitrogen and oxygen atoms in total. The summed E-state index contributed by atoms with van der Waals surface area (Å²) in [6, 6.07) is 19.7. The molecule has 8 heteroatoms. The van der Waals surface area contributed by atoms with Crippen LogP contribution in [0.3, 0.4) is 0 Å². The second-order valence-corrected chi connectivity index (χ2v) is 9.17. The van der Waals surface area contributed by atoms with Crippen molar-refractivity contribution in [3.63, 3.8) is 0 Å². The van der Waals surface area contributed by atoms with Crippen molar-refractivity contribution >= 4 is 40.5 Å². The molecule has 3 heterocycles. The highest BCUT2D eigenvalue weighted by Gasteiger charge is 2.29. The Kier molecular flexibility index (Phi) is 7.76. The Bertz CT molecular complexity index is 1340. The average molecular weight is 497 g/mol. The van der Waals surface area contributed by atoms with Crippen LogP contribution >= 0.6 is 0 Å². The molecule has 190 valence electrons. The topological polar surface area (TPSA) is 95.2 Å². The van der Waals surface area contributed by atoms with Gasteiger partial charge in [0.1, 0.15) is 11.6 Å². The maximum Gasteiger partial charge on any atom is 0.227 e. The van der Waals surface area contributed by atoms with Crippen molar-refractivity contribution < 1.29 is 9.53 Å². The van der Waals surface area contributed by atoms with Crippen molar-refractivity contribution in [2.45, 2.75) is 12.8 Å². The second-order valence-electron chi connectivity index (χ2n) is 9.17. The van der Waals surface area contributed by atoms with Gasteiger partial charge in [-0.1, -0.05) is 24.3 Å². The maximum absolute atomic E-state index is 11.4. The lowest BCUT2D eigenvalue weighted by Gasteiger charge is -2.28. The van der Waals surface area contributed by atoms with E-state index in [1.165, 1.54) is 0 Å². The van der Waals surface area contributed by atoms with Crippen LogP contribution in [0.15, 0.2) is 66.9 Å². The molecule has 0 radical (unpaired) electrons. The molecule has 1 aliphatic carbocycles. The summed E-state index contributed by atoms with van der Waals surface area (Å²) in [5.41, 5.74) is 3.92. The summed E-state index contributed by atoms with van der Waals surface area (Å²) in [7, 11) is 1.62. The number of nitrogens with one attached hydrogen (secondary N) is 3. The van der Waals surface area contributed by atoms with Gasteiger partial charge in [0.05, 0.1) is 18.3 Å². The fraction of sp³-hybridized carbons (Fsp3) is 0.276. The van der Waals surface area contributed by atoms with Crippen molar-refractivity contribution in [1.29, 1.82) is 0 Å². The van der Waals surface area contributed by atoms with Crippen LogP contribution in [0.5, 0.6) is 5.75 Å².